The SMILES string of the molecule is CCn1cc(C(=O)NC2CCC(CC(=O)O)CC2)c2c(Cc3ccc(C(F)(F)F)cc3)cccc21. The van der Waals surface area contributed by atoms with Crippen molar-refractivity contribution in [3.05, 3.63) is 70.9 Å². The topological polar surface area (TPSA) is 71.3 Å². The van der Waals surface area contributed by atoms with E-state index in [0.717, 1.165) is 59.8 Å². The summed E-state index contributed by atoms with van der Waals surface area (Å²) in [5.41, 5.74) is 2.39. The van der Waals surface area contributed by atoms with Crippen molar-refractivity contribution in [3.8, 4) is 0 Å². The lowest BCUT2D eigenvalue weighted by atomic mass is 9.84. The van der Waals surface area contributed by atoms with Crippen LogP contribution in [0.25, 0.3) is 10.9 Å². The Morgan fingerprint density at radius 1 is 1.06 bits per heavy atom. The van der Waals surface area contributed by atoms with Gasteiger partial charge in [-0.2, -0.15) is 13.2 Å². The third kappa shape index (κ3) is 5.69. The van der Waals surface area contributed by atoms with Gasteiger partial charge >= 0.3 is 12.1 Å². The van der Waals surface area contributed by atoms with Crippen LogP contribution >= 0.6 is 0 Å². The van der Waals surface area contributed by atoms with Gasteiger partial charge in [0.15, 0.2) is 0 Å². The Morgan fingerprint density at radius 2 is 1.74 bits per heavy atom. The van der Waals surface area contributed by atoms with Crippen LogP contribution in [0.3, 0.4) is 0 Å². The number of carbonyl (C=O) groups excluding carboxylic acids is 1. The Hall–Kier alpha value is -3.29. The average molecular weight is 487 g/mol. The number of aryl methyl sites for hydroxylation is 1. The molecule has 1 fully saturated rings. The standard InChI is InChI=1S/C27H29F3N2O3/c1-2-32-16-22(26(35)31-21-12-8-18(9-13-21)15-24(33)34)25-19(4-3-5-23(25)32)14-17-6-10-20(11-7-17)27(28,29)30/h3-7,10-11,16,18,21H,2,8-9,12-15H2,1H3,(H,31,35)(H,33,34). The molecule has 8 heteroatoms. The summed E-state index contributed by atoms with van der Waals surface area (Å²) in [6.07, 6.45) is 1.06. The van der Waals surface area contributed by atoms with Crippen LogP contribution in [0.4, 0.5) is 13.2 Å². The first-order chi connectivity index (χ1) is 16.7. The first kappa shape index (κ1) is 24.8. The normalized spacial score (nSPS) is 18.5. The molecule has 1 aliphatic carbocycles. The van der Waals surface area contributed by atoms with Crippen LogP contribution < -0.4 is 5.32 Å². The Kier molecular flexibility index (Phi) is 7.19. The van der Waals surface area contributed by atoms with E-state index in [9.17, 15) is 22.8 Å². The number of amides is 1. The fourth-order valence-corrected chi connectivity index (χ4v) is 5.06. The molecular formula is C27H29F3N2O3. The molecule has 0 bridgehead atoms. The molecular weight excluding hydrogens is 457 g/mol. The Morgan fingerprint density at radius 3 is 2.34 bits per heavy atom. The van der Waals surface area contributed by atoms with E-state index in [2.05, 4.69) is 5.32 Å². The fourth-order valence-electron chi connectivity index (χ4n) is 5.06. The summed E-state index contributed by atoms with van der Waals surface area (Å²) >= 11 is 0. The lowest BCUT2D eigenvalue weighted by Gasteiger charge is -2.28. The van der Waals surface area contributed by atoms with E-state index >= 15 is 0 Å². The molecule has 1 heterocycles. The minimum Gasteiger partial charge on any atom is -0.481 e. The summed E-state index contributed by atoms with van der Waals surface area (Å²) in [6, 6.07) is 10.9. The van der Waals surface area contributed by atoms with E-state index in [-0.39, 0.29) is 24.3 Å². The van der Waals surface area contributed by atoms with Crippen LogP contribution in [-0.4, -0.2) is 27.6 Å². The summed E-state index contributed by atoms with van der Waals surface area (Å²) in [4.78, 5) is 24.3. The van der Waals surface area contributed by atoms with Gasteiger partial charge in [-0.15, -0.1) is 0 Å². The zero-order valence-electron chi connectivity index (χ0n) is 19.6. The van der Waals surface area contributed by atoms with Crippen molar-refractivity contribution in [3.63, 3.8) is 0 Å². The summed E-state index contributed by atoms with van der Waals surface area (Å²) < 4.78 is 40.8. The molecule has 3 aromatic rings. The number of alkyl halides is 3. The number of nitrogens with one attached hydrogen (secondary N) is 1. The maximum absolute atomic E-state index is 13.3. The smallest absolute Gasteiger partial charge is 0.416 e. The number of aromatic nitrogens is 1. The van der Waals surface area contributed by atoms with Crippen molar-refractivity contribution in [2.75, 3.05) is 0 Å². The van der Waals surface area contributed by atoms with Crippen LogP contribution in [0.15, 0.2) is 48.7 Å². The molecule has 4 rings (SSSR count). The minimum atomic E-state index is -4.38. The van der Waals surface area contributed by atoms with E-state index in [1.54, 1.807) is 0 Å². The zero-order valence-corrected chi connectivity index (χ0v) is 19.6. The molecule has 0 aliphatic heterocycles. The molecule has 0 atom stereocenters. The quantitative estimate of drug-likeness (QED) is 0.428. The van der Waals surface area contributed by atoms with E-state index in [0.29, 0.717) is 18.5 Å². The van der Waals surface area contributed by atoms with Crippen molar-refractivity contribution >= 4 is 22.8 Å². The lowest BCUT2D eigenvalue weighted by Crippen LogP contribution is -2.37. The predicted octanol–water partition coefficient (Wildman–Crippen LogP) is 6.03. The molecule has 2 N–H and O–H groups in total. The second-order valence-electron chi connectivity index (χ2n) is 9.30. The van der Waals surface area contributed by atoms with Gasteiger partial charge in [-0.1, -0.05) is 24.3 Å². The molecule has 2 aromatic carbocycles. The van der Waals surface area contributed by atoms with Gasteiger partial charge in [0, 0.05) is 36.1 Å². The van der Waals surface area contributed by atoms with E-state index in [1.165, 1.54) is 12.1 Å². The molecule has 1 aromatic heterocycles. The van der Waals surface area contributed by atoms with Crippen molar-refractivity contribution in [1.29, 1.82) is 0 Å². The average Bonchev–Trinajstić information content (AvgIpc) is 3.20. The van der Waals surface area contributed by atoms with Crippen LogP contribution in [0, 0.1) is 5.92 Å². The van der Waals surface area contributed by atoms with Gasteiger partial charge in [0.25, 0.3) is 5.91 Å². The highest BCUT2D eigenvalue weighted by atomic mass is 19.4. The number of carboxylic acids is 1. The summed E-state index contributed by atoms with van der Waals surface area (Å²) in [7, 11) is 0. The fraction of sp³-hybridized carbons (Fsp3) is 0.407. The van der Waals surface area contributed by atoms with Gasteiger partial charge < -0.3 is 15.0 Å². The molecule has 5 nitrogen and oxygen atoms in total. The van der Waals surface area contributed by atoms with Crippen molar-refractivity contribution in [1.82, 2.24) is 9.88 Å². The highest BCUT2D eigenvalue weighted by Crippen LogP contribution is 2.32. The summed E-state index contributed by atoms with van der Waals surface area (Å²) in [6.45, 7) is 2.67. The maximum Gasteiger partial charge on any atom is 0.416 e. The van der Waals surface area contributed by atoms with Crippen molar-refractivity contribution in [2.45, 2.75) is 64.2 Å². The van der Waals surface area contributed by atoms with Gasteiger partial charge in [-0.3, -0.25) is 9.59 Å². The molecule has 35 heavy (non-hydrogen) atoms. The van der Waals surface area contributed by atoms with Gasteiger partial charge in [0.05, 0.1) is 11.1 Å². The largest absolute Gasteiger partial charge is 0.481 e. The highest BCUT2D eigenvalue weighted by molar-refractivity contribution is 6.08. The lowest BCUT2D eigenvalue weighted by molar-refractivity contribution is -0.139. The Labute approximate surface area is 201 Å². The van der Waals surface area contributed by atoms with Crippen molar-refractivity contribution < 1.29 is 27.9 Å². The number of aliphatic carboxylic acids is 1. The van der Waals surface area contributed by atoms with Gasteiger partial charge in [0.1, 0.15) is 0 Å². The van der Waals surface area contributed by atoms with E-state index in [4.69, 9.17) is 5.11 Å². The number of fused-ring (bicyclic) bond motifs is 1. The van der Waals surface area contributed by atoms with Gasteiger partial charge in [-0.05, 0) is 74.3 Å². The Bertz CT molecular complexity index is 1210. The highest BCUT2D eigenvalue weighted by Gasteiger charge is 2.30. The molecule has 0 saturated heterocycles. The molecule has 0 spiro atoms. The first-order valence-corrected chi connectivity index (χ1v) is 11.9. The number of nitrogens with zero attached hydrogens (tertiary/aromatic N) is 1. The van der Waals surface area contributed by atoms with Gasteiger partial charge in [0.2, 0.25) is 0 Å². The second-order valence-corrected chi connectivity index (χ2v) is 9.30. The molecule has 186 valence electrons. The number of hydrogen-bond donors (Lipinski definition) is 2. The molecule has 0 radical (unpaired) electrons. The van der Waals surface area contributed by atoms with Crippen LogP contribution in [0.1, 0.15) is 66.1 Å². The molecule has 1 aliphatic rings. The number of rotatable bonds is 7. The van der Waals surface area contributed by atoms with Crippen molar-refractivity contribution in [2.24, 2.45) is 5.92 Å². The number of carbonyl (C=O) groups is 2. The number of carboxylic acid groups (broad SMARTS) is 1. The predicted molar refractivity (Wildman–Crippen MR) is 127 cm³/mol. The van der Waals surface area contributed by atoms with Crippen LogP contribution in [0.5, 0.6) is 0 Å². The zero-order chi connectivity index (χ0) is 25.2. The van der Waals surface area contributed by atoms with E-state index in [1.807, 2.05) is 35.9 Å². The van der Waals surface area contributed by atoms with Gasteiger partial charge in [-0.25, -0.2) is 0 Å². The molecule has 1 amide bonds. The number of hydrogen-bond acceptors (Lipinski definition) is 2. The minimum absolute atomic E-state index is 0.00496. The third-order valence-corrected chi connectivity index (χ3v) is 6.90. The van der Waals surface area contributed by atoms with Crippen LogP contribution in [-0.2, 0) is 23.9 Å². The summed E-state index contributed by atoms with van der Waals surface area (Å²) in [5.74, 6) is -0.813. The van der Waals surface area contributed by atoms with E-state index < -0.39 is 17.7 Å². The Balaban J connectivity index is 1.57. The first-order valence-electron chi connectivity index (χ1n) is 11.9. The third-order valence-electron chi connectivity index (χ3n) is 6.90. The second kappa shape index (κ2) is 10.1. The summed E-state index contributed by atoms with van der Waals surface area (Å²) in [5, 5.41) is 13.0. The van der Waals surface area contributed by atoms with Crippen LogP contribution in [0.2, 0.25) is 0 Å². The molecule has 1 saturated carbocycles. The molecule has 0 unspecified atom stereocenters. The number of benzene rings is 2. The monoisotopic (exact) mass is 486 g/mol. The number of halogens is 3. The maximum atomic E-state index is 13.3.